The minimum atomic E-state index is 0.00903. The quantitative estimate of drug-likeness (QED) is 0.704. The Morgan fingerprint density at radius 1 is 1.13 bits per heavy atom. The molecule has 0 heterocycles. The third-order valence-corrected chi connectivity index (χ3v) is 2.69. The van der Waals surface area contributed by atoms with Crippen LogP contribution in [0.2, 0.25) is 0 Å². The van der Waals surface area contributed by atoms with Crippen molar-refractivity contribution in [2.75, 3.05) is 13.2 Å². The van der Waals surface area contributed by atoms with E-state index in [-0.39, 0.29) is 11.0 Å². The third-order valence-electron chi connectivity index (χ3n) is 2.69. The van der Waals surface area contributed by atoms with Crippen LogP contribution in [0, 0.1) is 5.41 Å². The zero-order valence-corrected chi connectivity index (χ0v) is 11.6. The van der Waals surface area contributed by atoms with Crippen molar-refractivity contribution in [2.45, 2.75) is 66.5 Å². The van der Waals surface area contributed by atoms with Gasteiger partial charge in [-0.1, -0.05) is 34.6 Å². The van der Waals surface area contributed by atoms with Gasteiger partial charge in [0.1, 0.15) is 0 Å². The first-order valence-electron chi connectivity index (χ1n) is 6.06. The van der Waals surface area contributed by atoms with Crippen LogP contribution in [0.15, 0.2) is 0 Å². The summed E-state index contributed by atoms with van der Waals surface area (Å²) in [7, 11) is 0. The van der Waals surface area contributed by atoms with Gasteiger partial charge in [-0.05, 0) is 20.3 Å². The predicted octanol–water partition coefficient (Wildman–Crippen LogP) is 3.22. The lowest BCUT2D eigenvalue weighted by atomic mass is 9.94. The summed E-state index contributed by atoms with van der Waals surface area (Å²) in [6, 6.07) is 0.545. The van der Waals surface area contributed by atoms with Gasteiger partial charge in [-0.25, -0.2) is 0 Å². The summed E-state index contributed by atoms with van der Waals surface area (Å²) in [4.78, 5) is 0. The molecular weight excluding hydrogens is 186 g/mol. The third kappa shape index (κ3) is 7.80. The summed E-state index contributed by atoms with van der Waals surface area (Å²) in [6.07, 6.45) is 1.06. The summed E-state index contributed by atoms with van der Waals surface area (Å²) in [5.74, 6) is 0. The van der Waals surface area contributed by atoms with E-state index >= 15 is 0 Å². The fraction of sp³-hybridized carbons (Fsp3) is 1.00. The van der Waals surface area contributed by atoms with Gasteiger partial charge in [0, 0.05) is 18.0 Å². The lowest BCUT2D eigenvalue weighted by Gasteiger charge is -2.32. The van der Waals surface area contributed by atoms with Gasteiger partial charge in [0.15, 0.2) is 0 Å². The minimum absolute atomic E-state index is 0.00903. The Hall–Kier alpha value is -0.0800. The molecule has 0 aromatic rings. The number of hydrogen-bond acceptors (Lipinski definition) is 2. The van der Waals surface area contributed by atoms with E-state index in [0.29, 0.717) is 6.04 Å². The Balaban J connectivity index is 3.93. The standard InChI is InChI=1S/C13H29NO/c1-8-13(6,7)15-10-12(4,5)9-14-11(2)3/h11,14H,8-10H2,1-7H3. The van der Waals surface area contributed by atoms with Gasteiger partial charge in [-0.15, -0.1) is 0 Å². The zero-order valence-electron chi connectivity index (χ0n) is 11.6. The SMILES string of the molecule is CCC(C)(C)OCC(C)(C)CNC(C)C. The number of rotatable bonds is 7. The van der Waals surface area contributed by atoms with Crippen molar-refractivity contribution in [3.8, 4) is 0 Å². The van der Waals surface area contributed by atoms with E-state index in [1.165, 1.54) is 0 Å². The first-order valence-corrected chi connectivity index (χ1v) is 6.06. The Labute approximate surface area is 95.8 Å². The average Bonchev–Trinajstić information content (AvgIpc) is 2.13. The molecule has 15 heavy (non-hydrogen) atoms. The van der Waals surface area contributed by atoms with E-state index in [2.05, 4.69) is 53.8 Å². The van der Waals surface area contributed by atoms with Crippen LogP contribution in [-0.2, 0) is 4.74 Å². The fourth-order valence-corrected chi connectivity index (χ4v) is 1.02. The van der Waals surface area contributed by atoms with Gasteiger partial charge in [0.05, 0.1) is 12.2 Å². The van der Waals surface area contributed by atoms with E-state index in [1.807, 2.05) is 0 Å². The maximum Gasteiger partial charge on any atom is 0.0624 e. The van der Waals surface area contributed by atoms with Crippen LogP contribution in [-0.4, -0.2) is 24.8 Å². The highest BCUT2D eigenvalue weighted by atomic mass is 16.5. The monoisotopic (exact) mass is 215 g/mol. The molecule has 92 valence electrons. The molecule has 0 spiro atoms. The summed E-state index contributed by atoms with van der Waals surface area (Å²) in [5.41, 5.74) is 0.214. The molecule has 0 fully saturated rings. The number of hydrogen-bond donors (Lipinski definition) is 1. The van der Waals surface area contributed by atoms with E-state index < -0.39 is 0 Å². The summed E-state index contributed by atoms with van der Waals surface area (Å²) in [6.45, 7) is 17.1. The first-order chi connectivity index (χ1) is 6.68. The maximum atomic E-state index is 5.94. The minimum Gasteiger partial charge on any atom is -0.375 e. The van der Waals surface area contributed by atoms with Crippen molar-refractivity contribution < 1.29 is 4.74 Å². The second kappa shape index (κ2) is 5.86. The van der Waals surface area contributed by atoms with E-state index in [9.17, 15) is 0 Å². The zero-order chi connectivity index (χ0) is 12.1. The predicted molar refractivity (Wildman–Crippen MR) is 67.2 cm³/mol. The molecule has 0 aromatic heterocycles. The van der Waals surface area contributed by atoms with Crippen LogP contribution >= 0.6 is 0 Å². The molecule has 0 aromatic carbocycles. The molecule has 0 atom stereocenters. The highest BCUT2D eigenvalue weighted by Crippen LogP contribution is 2.21. The summed E-state index contributed by atoms with van der Waals surface area (Å²) in [5, 5.41) is 3.46. The molecule has 0 rings (SSSR count). The highest BCUT2D eigenvalue weighted by molar-refractivity contribution is 4.75. The lowest BCUT2D eigenvalue weighted by Crippen LogP contribution is -2.39. The molecule has 2 nitrogen and oxygen atoms in total. The number of nitrogens with one attached hydrogen (secondary N) is 1. The van der Waals surface area contributed by atoms with E-state index in [0.717, 1.165) is 19.6 Å². The van der Waals surface area contributed by atoms with Gasteiger partial charge < -0.3 is 10.1 Å². The van der Waals surface area contributed by atoms with Crippen molar-refractivity contribution in [3.63, 3.8) is 0 Å². The molecule has 0 aliphatic rings. The molecule has 0 aliphatic carbocycles. The van der Waals surface area contributed by atoms with Crippen molar-refractivity contribution in [3.05, 3.63) is 0 Å². The topological polar surface area (TPSA) is 21.3 Å². The number of ether oxygens (including phenoxy) is 1. The Morgan fingerprint density at radius 2 is 1.67 bits per heavy atom. The molecule has 2 heteroatoms. The molecule has 0 saturated carbocycles. The molecule has 0 amide bonds. The average molecular weight is 215 g/mol. The van der Waals surface area contributed by atoms with Gasteiger partial charge in [0.2, 0.25) is 0 Å². The molecule has 0 bridgehead atoms. The van der Waals surface area contributed by atoms with Crippen LogP contribution in [0.25, 0.3) is 0 Å². The maximum absolute atomic E-state index is 5.94. The Kier molecular flexibility index (Phi) is 5.82. The van der Waals surface area contributed by atoms with Crippen LogP contribution in [0.3, 0.4) is 0 Å². The summed E-state index contributed by atoms with van der Waals surface area (Å²) < 4.78 is 5.94. The van der Waals surface area contributed by atoms with Gasteiger partial charge in [0.25, 0.3) is 0 Å². The van der Waals surface area contributed by atoms with E-state index in [1.54, 1.807) is 0 Å². The largest absolute Gasteiger partial charge is 0.375 e. The Bertz CT molecular complexity index is 173. The van der Waals surface area contributed by atoms with Crippen LogP contribution in [0.5, 0.6) is 0 Å². The smallest absolute Gasteiger partial charge is 0.0624 e. The van der Waals surface area contributed by atoms with Crippen molar-refractivity contribution >= 4 is 0 Å². The van der Waals surface area contributed by atoms with Crippen molar-refractivity contribution in [1.29, 1.82) is 0 Å². The van der Waals surface area contributed by atoms with Crippen molar-refractivity contribution in [1.82, 2.24) is 5.32 Å². The van der Waals surface area contributed by atoms with E-state index in [4.69, 9.17) is 4.74 Å². The second-order valence-corrected chi connectivity index (χ2v) is 6.10. The van der Waals surface area contributed by atoms with Crippen LogP contribution in [0.4, 0.5) is 0 Å². The van der Waals surface area contributed by atoms with Gasteiger partial charge in [-0.2, -0.15) is 0 Å². The Morgan fingerprint density at radius 3 is 2.07 bits per heavy atom. The molecule has 1 N–H and O–H groups in total. The summed E-state index contributed by atoms with van der Waals surface area (Å²) >= 11 is 0. The van der Waals surface area contributed by atoms with Gasteiger partial charge >= 0.3 is 0 Å². The molecular formula is C13H29NO. The first kappa shape index (κ1) is 14.9. The fourth-order valence-electron chi connectivity index (χ4n) is 1.02. The normalized spacial score (nSPS) is 13.6. The molecule has 0 unspecified atom stereocenters. The van der Waals surface area contributed by atoms with Crippen molar-refractivity contribution in [2.24, 2.45) is 5.41 Å². The molecule has 0 aliphatic heterocycles. The lowest BCUT2D eigenvalue weighted by molar-refractivity contribution is -0.0562. The molecule has 0 saturated heterocycles. The molecule has 0 radical (unpaired) electrons. The van der Waals surface area contributed by atoms with Gasteiger partial charge in [-0.3, -0.25) is 0 Å². The second-order valence-electron chi connectivity index (χ2n) is 6.10. The highest BCUT2D eigenvalue weighted by Gasteiger charge is 2.23. The van der Waals surface area contributed by atoms with Crippen LogP contribution < -0.4 is 5.32 Å². The van der Waals surface area contributed by atoms with Crippen LogP contribution in [0.1, 0.15) is 54.9 Å².